The molecule has 1 aromatic heterocycles. The summed E-state index contributed by atoms with van der Waals surface area (Å²) in [5.41, 5.74) is 4.94. The summed E-state index contributed by atoms with van der Waals surface area (Å²) in [7, 11) is 0. The fourth-order valence-corrected chi connectivity index (χ4v) is 4.97. The molecule has 0 atom stereocenters. The number of nitro groups is 1. The molecule has 0 bridgehead atoms. The van der Waals surface area contributed by atoms with Gasteiger partial charge in [-0.3, -0.25) is 19.9 Å². The molecule has 10 heteroatoms. The van der Waals surface area contributed by atoms with Crippen LogP contribution in [-0.2, 0) is 29.2 Å². The predicted octanol–water partition coefficient (Wildman–Crippen LogP) is 4.20. The van der Waals surface area contributed by atoms with E-state index in [1.54, 1.807) is 12.1 Å². The zero-order chi connectivity index (χ0) is 27.2. The molecule has 198 valence electrons. The van der Waals surface area contributed by atoms with Crippen molar-refractivity contribution in [2.45, 2.75) is 26.6 Å². The maximum Gasteiger partial charge on any atom is 0.414 e. The summed E-state index contributed by atoms with van der Waals surface area (Å²) in [4.78, 5) is 34.0. The number of piperazine rings is 1. The molecule has 0 aliphatic carbocycles. The average Bonchev–Trinajstić information content (AvgIpc) is 3.23. The molecule has 4 aromatic rings. The summed E-state index contributed by atoms with van der Waals surface area (Å²) < 4.78 is 2.38. The Morgan fingerprint density at radius 3 is 2.03 bits per heavy atom. The SMILES string of the molecule is CCn1c2ccccc2c2cc(CN3CCN(Cc4ccccc4[N+](=O)[O-])CC3)ccc21.O=C(O)C(=O)O. The van der Waals surface area contributed by atoms with E-state index in [-0.39, 0.29) is 10.6 Å². The molecule has 0 amide bonds. The van der Waals surface area contributed by atoms with E-state index in [9.17, 15) is 10.1 Å². The molecule has 1 fully saturated rings. The maximum absolute atomic E-state index is 11.3. The van der Waals surface area contributed by atoms with Crippen LogP contribution in [0.5, 0.6) is 0 Å². The Hall–Kier alpha value is -4.28. The Labute approximate surface area is 219 Å². The number of carbonyl (C=O) groups is 2. The monoisotopic (exact) mass is 518 g/mol. The first-order chi connectivity index (χ1) is 18.3. The Morgan fingerprint density at radius 1 is 0.816 bits per heavy atom. The number of para-hydroxylation sites is 2. The molecule has 2 N–H and O–H groups in total. The highest BCUT2D eigenvalue weighted by Crippen LogP contribution is 2.30. The van der Waals surface area contributed by atoms with Crippen LogP contribution in [0.25, 0.3) is 21.8 Å². The van der Waals surface area contributed by atoms with E-state index in [1.165, 1.54) is 27.4 Å². The third-order valence-corrected chi connectivity index (χ3v) is 6.79. The number of nitrogens with zero attached hydrogens (tertiary/aromatic N) is 4. The van der Waals surface area contributed by atoms with Crippen molar-refractivity contribution in [3.8, 4) is 0 Å². The van der Waals surface area contributed by atoms with E-state index in [2.05, 4.69) is 63.8 Å². The average molecular weight is 519 g/mol. The number of fused-ring (bicyclic) bond motifs is 3. The number of carboxylic acid groups (broad SMARTS) is 2. The van der Waals surface area contributed by atoms with Crippen molar-refractivity contribution in [3.05, 3.63) is 88.0 Å². The zero-order valence-corrected chi connectivity index (χ0v) is 21.1. The third-order valence-electron chi connectivity index (χ3n) is 6.79. The smallest absolute Gasteiger partial charge is 0.414 e. The predicted molar refractivity (Wildman–Crippen MR) is 144 cm³/mol. The Kier molecular flexibility index (Phi) is 8.35. The first-order valence-electron chi connectivity index (χ1n) is 12.4. The Balaban J connectivity index is 0.000000505. The molecule has 1 saturated heterocycles. The summed E-state index contributed by atoms with van der Waals surface area (Å²) in [5.74, 6) is -3.65. The quantitative estimate of drug-likeness (QED) is 0.221. The molecular weight excluding hydrogens is 488 g/mol. The molecule has 0 spiro atoms. The number of hydrogen-bond donors (Lipinski definition) is 2. The summed E-state index contributed by atoms with van der Waals surface area (Å²) >= 11 is 0. The van der Waals surface area contributed by atoms with Crippen LogP contribution in [0.2, 0.25) is 0 Å². The normalized spacial score (nSPS) is 14.2. The number of aliphatic carboxylic acids is 2. The van der Waals surface area contributed by atoms with Crippen LogP contribution in [0.15, 0.2) is 66.7 Å². The first-order valence-corrected chi connectivity index (χ1v) is 12.4. The van der Waals surface area contributed by atoms with Gasteiger partial charge in [0.05, 0.1) is 4.92 Å². The molecule has 1 aliphatic heterocycles. The lowest BCUT2D eigenvalue weighted by molar-refractivity contribution is -0.385. The molecule has 2 heterocycles. The van der Waals surface area contributed by atoms with Gasteiger partial charge in [-0.05, 0) is 30.7 Å². The minimum atomic E-state index is -1.82. The van der Waals surface area contributed by atoms with Gasteiger partial charge < -0.3 is 14.8 Å². The molecule has 3 aromatic carbocycles. The highest BCUT2D eigenvalue weighted by molar-refractivity contribution is 6.27. The fraction of sp³-hybridized carbons (Fsp3) is 0.286. The van der Waals surface area contributed by atoms with Crippen LogP contribution in [0.1, 0.15) is 18.1 Å². The maximum atomic E-state index is 11.3. The highest BCUT2D eigenvalue weighted by atomic mass is 16.6. The molecule has 0 unspecified atom stereocenters. The van der Waals surface area contributed by atoms with Crippen molar-refractivity contribution < 1.29 is 24.7 Å². The second-order valence-corrected chi connectivity index (χ2v) is 9.16. The lowest BCUT2D eigenvalue weighted by Gasteiger charge is -2.34. The molecular formula is C28H30N4O6. The summed E-state index contributed by atoms with van der Waals surface area (Å²) in [6.07, 6.45) is 0. The summed E-state index contributed by atoms with van der Waals surface area (Å²) in [6, 6.07) is 22.6. The van der Waals surface area contributed by atoms with Gasteiger partial charge >= 0.3 is 11.9 Å². The molecule has 10 nitrogen and oxygen atoms in total. The van der Waals surface area contributed by atoms with Crippen LogP contribution in [0, 0.1) is 10.1 Å². The number of nitro benzene ring substituents is 1. The standard InChI is InChI=1S/C26H28N4O2.C2H2O4/c1-2-29-25-10-6-4-8-22(25)23-17-20(11-12-26(23)29)18-27-13-15-28(16-14-27)19-21-7-3-5-9-24(21)30(31)32;3-1(4)2(5)6/h3-12,17H,2,13-16,18-19H2,1H3;(H,3,4)(H,5,6). The van der Waals surface area contributed by atoms with Gasteiger partial charge in [-0.15, -0.1) is 0 Å². The van der Waals surface area contributed by atoms with E-state index >= 15 is 0 Å². The Morgan fingerprint density at radius 2 is 1.39 bits per heavy atom. The number of hydrogen-bond acceptors (Lipinski definition) is 6. The number of carboxylic acids is 2. The van der Waals surface area contributed by atoms with Crippen LogP contribution >= 0.6 is 0 Å². The van der Waals surface area contributed by atoms with E-state index < -0.39 is 11.9 Å². The highest BCUT2D eigenvalue weighted by Gasteiger charge is 2.21. The van der Waals surface area contributed by atoms with Gasteiger partial charge in [0.2, 0.25) is 0 Å². The van der Waals surface area contributed by atoms with Crippen LogP contribution in [0.3, 0.4) is 0 Å². The van der Waals surface area contributed by atoms with Gasteiger partial charge in [-0.25, -0.2) is 9.59 Å². The van der Waals surface area contributed by atoms with E-state index in [0.717, 1.165) is 44.8 Å². The van der Waals surface area contributed by atoms with Gasteiger partial charge in [0.15, 0.2) is 0 Å². The second kappa shape index (κ2) is 11.8. The van der Waals surface area contributed by atoms with E-state index in [4.69, 9.17) is 19.8 Å². The summed E-state index contributed by atoms with van der Waals surface area (Å²) in [6.45, 7) is 8.50. The number of aryl methyl sites for hydroxylation is 1. The first kappa shape index (κ1) is 26.8. The number of aromatic nitrogens is 1. The molecule has 1 aliphatic rings. The minimum absolute atomic E-state index is 0.217. The van der Waals surface area contributed by atoms with Crippen LogP contribution in [-0.4, -0.2) is 67.6 Å². The topological polar surface area (TPSA) is 129 Å². The van der Waals surface area contributed by atoms with Crippen molar-refractivity contribution in [2.24, 2.45) is 0 Å². The zero-order valence-electron chi connectivity index (χ0n) is 21.1. The van der Waals surface area contributed by atoms with Gasteiger partial charge in [-0.2, -0.15) is 0 Å². The van der Waals surface area contributed by atoms with Crippen LogP contribution in [0.4, 0.5) is 5.69 Å². The lowest BCUT2D eigenvalue weighted by atomic mass is 10.1. The molecule has 38 heavy (non-hydrogen) atoms. The van der Waals surface area contributed by atoms with Crippen molar-refractivity contribution in [2.75, 3.05) is 26.2 Å². The van der Waals surface area contributed by atoms with Gasteiger partial charge in [0.1, 0.15) is 0 Å². The van der Waals surface area contributed by atoms with Gasteiger partial charge in [-0.1, -0.05) is 42.5 Å². The van der Waals surface area contributed by atoms with Crippen LogP contribution < -0.4 is 0 Å². The fourth-order valence-electron chi connectivity index (χ4n) is 4.97. The van der Waals surface area contributed by atoms with Crippen molar-refractivity contribution >= 4 is 39.4 Å². The van der Waals surface area contributed by atoms with E-state index in [0.29, 0.717) is 6.54 Å². The van der Waals surface area contributed by atoms with E-state index in [1.807, 2.05) is 12.1 Å². The lowest BCUT2D eigenvalue weighted by Crippen LogP contribution is -2.45. The van der Waals surface area contributed by atoms with Crippen molar-refractivity contribution in [1.82, 2.24) is 14.4 Å². The number of rotatable bonds is 6. The van der Waals surface area contributed by atoms with Crippen molar-refractivity contribution in [1.29, 1.82) is 0 Å². The number of benzene rings is 3. The second-order valence-electron chi connectivity index (χ2n) is 9.16. The summed E-state index contributed by atoms with van der Waals surface area (Å²) in [5, 5.41) is 28.7. The largest absolute Gasteiger partial charge is 0.473 e. The van der Waals surface area contributed by atoms with Crippen molar-refractivity contribution in [3.63, 3.8) is 0 Å². The molecule has 5 rings (SSSR count). The Bertz CT molecular complexity index is 1460. The van der Waals surface area contributed by atoms with Gasteiger partial charge in [0, 0.05) is 79.2 Å². The van der Waals surface area contributed by atoms with Gasteiger partial charge in [0.25, 0.3) is 5.69 Å². The third kappa shape index (κ3) is 5.99. The minimum Gasteiger partial charge on any atom is -0.473 e. The molecule has 0 saturated carbocycles. The molecule has 0 radical (unpaired) electrons.